The van der Waals surface area contributed by atoms with Crippen LogP contribution in [0, 0.1) is 5.41 Å². The highest BCUT2D eigenvalue weighted by Gasteiger charge is 2.52. The van der Waals surface area contributed by atoms with E-state index in [2.05, 4.69) is 13.8 Å². The third-order valence-electron chi connectivity index (χ3n) is 4.28. The van der Waals surface area contributed by atoms with Gasteiger partial charge in [-0.05, 0) is 48.3 Å². The fourth-order valence-electron chi connectivity index (χ4n) is 3.07. The average Bonchev–Trinajstić information content (AvgIpc) is 3.04. The van der Waals surface area contributed by atoms with E-state index in [-0.39, 0.29) is 0 Å². The molecule has 3 heteroatoms. The number of rotatable bonds is 4. The van der Waals surface area contributed by atoms with Gasteiger partial charge < -0.3 is 0 Å². The van der Waals surface area contributed by atoms with Crippen molar-refractivity contribution >= 4 is 0 Å². The molecule has 0 N–H and O–H groups in total. The minimum Gasteiger partial charge on any atom is -0.166 e. The first kappa shape index (κ1) is 13.4. The van der Waals surface area contributed by atoms with Crippen molar-refractivity contribution in [3.8, 4) is 0 Å². The maximum Gasteiger partial charge on any atom is 0.416 e. The van der Waals surface area contributed by atoms with Crippen LogP contribution in [0.3, 0.4) is 0 Å². The highest BCUT2D eigenvalue weighted by atomic mass is 19.4. The molecule has 1 aromatic rings. The lowest BCUT2D eigenvalue weighted by Crippen LogP contribution is -2.05. The molecule has 0 heterocycles. The molecule has 0 unspecified atom stereocenters. The van der Waals surface area contributed by atoms with E-state index in [1.165, 1.54) is 18.6 Å². The lowest BCUT2D eigenvalue weighted by molar-refractivity contribution is -0.137. The van der Waals surface area contributed by atoms with Crippen LogP contribution < -0.4 is 0 Å². The smallest absolute Gasteiger partial charge is 0.166 e. The van der Waals surface area contributed by atoms with Crippen molar-refractivity contribution in [2.45, 2.75) is 51.6 Å². The first-order valence-corrected chi connectivity index (χ1v) is 6.60. The Balaban J connectivity index is 2.13. The molecule has 0 aromatic heterocycles. The zero-order valence-corrected chi connectivity index (χ0v) is 10.8. The lowest BCUT2D eigenvalue weighted by atomic mass is 9.91. The van der Waals surface area contributed by atoms with Crippen molar-refractivity contribution in [3.05, 3.63) is 35.4 Å². The normalized spacial score (nSPS) is 27.3. The highest BCUT2D eigenvalue weighted by Crippen LogP contribution is 2.64. The molecule has 1 aliphatic rings. The summed E-state index contributed by atoms with van der Waals surface area (Å²) in [4.78, 5) is 0. The van der Waals surface area contributed by atoms with E-state index in [0.717, 1.165) is 24.8 Å². The number of alkyl halides is 3. The molecule has 0 amide bonds. The predicted molar refractivity (Wildman–Crippen MR) is 66.4 cm³/mol. The van der Waals surface area contributed by atoms with E-state index in [1.54, 1.807) is 12.1 Å². The Morgan fingerprint density at radius 3 is 2.22 bits per heavy atom. The summed E-state index contributed by atoms with van der Waals surface area (Å²) in [5.74, 6) is 0.463. The van der Waals surface area contributed by atoms with Gasteiger partial charge in [-0.25, -0.2) is 0 Å². The van der Waals surface area contributed by atoms with Crippen molar-refractivity contribution in [1.29, 1.82) is 0 Å². The van der Waals surface area contributed by atoms with Gasteiger partial charge in [0.1, 0.15) is 0 Å². The maximum atomic E-state index is 12.5. The molecule has 1 fully saturated rings. The number of halogens is 3. The molecular weight excluding hydrogens is 237 g/mol. The van der Waals surface area contributed by atoms with Gasteiger partial charge in [0.05, 0.1) is 5.56 Å². The van der Waals surface area contributed by atoms with Gasteiger partial charge in [0.15, 0.2) is 0 Å². The summed E-state index contributed by atoms with van der Waals surface area (Å²) in [6.45, 7) is 4.35. The number of benzene rings is 1. The zero-order valence-electron chi connectivity index (χ0n) is 10.8. The molecule has 2 rings (SSSR count). The Kier molecular flexibility index (Phi) is 3.43. The average molecular weight is 256 g/mol. The van der Waals surface area contributed by atoms with E-state index in [4.69, 9.17) is 0 Å². The topological polar surface area (TPSA) is 0 Å². The molecule has 100 valence electrons. The van der Waals surface area contributed by atoms with Crippen LogP contribution in [0.15, 0.2) is 24.3 Å². The quantitative estimate of drug-likeness (QED) is 0.677. The molecule has 0 saturated heterocycles. The van der Waals surface area contributed by atoms with Gasteiger partial charge in [-0.1, -0.05) is 32.4 Å². The monoisotopic (exact) mass is 256 g/mol. The molecule has 0 spiro atoms. The SMILES string of the molecule is CCC[C@@]1(CC)C[C@@H]1c1ccc(C(F)(F)F)cc1. The molecule has 1 aromatic carbocycles. The van der Waals surface area contributed by atoms with Gasteiger partial charge in [-0.2, -0.15) is 13.2 Å². The molecule has 1 aliphatic carbocycles. The molecule has 18 heavy (non-hydrogen) atoms. The van der Waals surface area contributed by atoms with E-state index in [9.17, 15) is 13.2 Å². The second-order valence-electron chi connectivity index (χ2n) is 5.34. The Morgan fingerprint density at radius 2 is 1.78 bits per heavy atom. The summed E-state index contributed by atoms with van der Waals surface area (Å²) < 4.78 is 37.4. The Morgan fingerprint density at radius 1 is 1.17 bits per heavy atom. The summed E-state index contributed by atoms with van der Waals surface area (Å²) in [7, 11) is 0. The molecule has 0 bridgehead atoms. The van der Waals surface area contributed by atoms with Crippen molar-refractivity contribution in [1.82, 2.24) is 0 Å². The first-order chi connectivity index (χ1) is 8.43. The molecular formula is C15H19F3. The standard InChI is InChI=1S/C15H19F3/c1-3-9-14(4-2)10-13(14)11-5-7-12(8-6-11)15(16,17)18/h5-8,13H,3-4,9-10H2,1-2H3/t13-,14+/m1/s1. The maximum absolute atomic E-state index is 12.5. The van der Waals surface area contributed by atoms with Gasteiger partial charge in [-0.3, -0.25) is 0 Å². The van der Waals surface area contributed by atoms with Crippen molar-refractivity contribution in [2.75, 3.05) is 0 Å². The third-order valence-corrected chi connectivity index (χ3v) is 4.28. The van der Waals surface area contributed by atoms with Gasteiger partial charge in [0.2, 0.25) is 0 Å². The fraction of sp³-hybridized carbons (Fsp3) is 0.600. The second-order valence-corrected chi connectivity index (χ2v) is 5.34. The van der Waals surface area contributed by atoms with Gasteiger partial charge in [0, 0.05) is 0 Å². The highest BCUT2D eigenvalue weighted by molar-refractivity contribution is 5.33. The van der Waals surface area contributed by atoms with Gasteiger partial charge in [0.25, 0.3) is 0 Å². The van der Waals surface area contributed by atoms with Crippen molar-refractivity contribution in [2.24, 2.45) is 5.41 Å². The Hall–Kier alpha value is -0.990. The molecule has 0 radical (unpaired) electrons. The summed E-state index contributed by atoms with van der Waals surface area (Å²) in [6, 6.07) is 5.72. The zero-order chi connectivity index (χ0) is 13.4. The minimum absolute atomic E-state index is 0.356. The lowest BCUT2D eigenvalue weighted by Gasteiger charge is -2.14. The van der Waals surface area contributed by atoms with E-state index in [1.807, 2.05) is 0 Å². The van der Waals surface area contributed by atoms with Gasteiger partial charge in [-0.15, -0.1) is 0 Å². The Bertz CT molecular complexity index is 405. The van der Waals surface area contributed by atoms with E-state index >= 15 is 0 Å². The summed E-state index contributed by atoms with van der Waals surface area (Å²) >= 11 is 0. The van der Waals surface area contributed by atoms with E-state index < -0.39 is 11.7 Å². The summed E-state index contributed by atoms with van der Waals surface area (Å²) in [5, 5.41) is 0. The first-order valence-electron chi connectivity index (χ1n) is 6.60. The van der Waals surface area contributed by atoms with Crippen LogP contribution in [0.2, 0.25) is 0 Å². The molecule has 0 nitrogen and oxygen atoms in total. The van der Waals surface area contributed by atoms with Crippen LogP contribution in [0.5, 0.6) is 0 Å². The predicted octanol–water partition coefficient (Wildman–Crippen LogP) is 5.39. The van der Waals surface area contributed by atoms with Crippen LogP contribution in [0.1, 0.15) is 56.6 Å². The fourth-order valence-corrected chi connectivity index (χ4v) is 3.07. The second kappa shape index (κ2) is 4.60. The van der Waals surface area contributed by atoms with Crippen LogP contribution in [-0.4, -0.2) is 0 Å². The van der Waals surface area contributed by atoms with Crippen LogP contribution >= 0.6 is 0 Å². The molecule has 0 aliphatic heterocycles. The van der Waals surface area contributed by atoms with E-state index in [0.29, 0.717) is 11.3 Å². The summed E-state index contributed by atoms with van der Waals surface area (Å²) in [5.41, 5.74) is 0.872. The molecule has 2 atom stereocenters. The van der Waals surface area contributed by atoms with Crippen LogP contribution in [0.4, 0.5) is 13.2 Å². The summed E-state index contributed by atoms with van der Waals surface area (Å²) in [6.07, 6.45) is 0.336. The number of hydrogen-bond donors (Lipinski definition) is 0. The van der Waals surface area contributed by atoms with Crippen LogP contribution in [0.25, 0.3) is 0 Å². The third kappa shape index (κ3) is 2.40. The van der Waals surface area contributed by atoms with Crippen molar-refractivity contribution < 1.29 is 13.2 Å². The Labute approximate surface area is 106 Å². The number of hydrogen-bond acceptors (Lipinski definition) is 0. The molecule has 1 saturated carbocycles. The van der Waals surface area contributed by atoms with Crippen molar-refractivity contribution in [3.63, 3.8) is 0 Å². The minimum atomic E-state index is -4.23. The largest absolute Gasteiger partial charge is 0.416 e. The van der Waals surface area contributed by atoms with Crippen LogP contribution in [-0.2, 0) is 6.18 Å². The van der Waals surface area contributed by atoms with Gasteiger partial charge >= 0.3 is 6.18 Å².